The number of nitrogens with zero attached hydrogens (tertiary/aromatic N) is 1. The summed E-state index contributed by atoms with van der Waals surface area (Å²) in [7, 11) is 0. The maximum absolute atomic E-state index is 5.86. The van der Waals surface area contributed by atoms with E-state index in [0.29, 0.717) is 5.69 Å². The van der Waals surface area contributed by atoms with Crippen molar-refractivity contribution in [2.75, 3.05) is 17.6 Å². The highest BCUT2D eigenvalue weighted by Gasteiger charge is 2.14. The molecule has 1 aliphatic rings. The predicted molar refractivity (Wildman–Crippen MR) is 71.4 cm³/mol. The van der Waals surface area contributed by atoms with Crippen molar-refractivity contribution >= 4 is 27.4 Å². The number of aromatic nitrogens is 1. The SMILES string of the molecule is Nc1cc(Br)cnc1NCCC1CCCC1. The van der Waals surface area contributed by atoms with Crippen LogP contribution in [0.1, 0.15) is 32.1 Å². The van der Waals surface area contributed by atoms with E-state index in [9.17, 15) is 0 Å². The third kappa shape index (κ3) is 3.11. The van der Waals surface area contributed by atoms with Gasteiger partial charge < -0.3 is 11.1 Å². The molecular weight excluding hydrogens is 266 g/mol. The highest BCUT2D eigenvalue weighted by atomic mass is 79.9. The van der Waals surface area contributed by atoms with E-state index in [0.717, 1.165) is 22.8 Å². The second-order valence-corrected chi connectivity index (χ2v) is 5.37. The van der Waals surface area contributed by atoms with Crippen LogP contribution in [0, 0.1) is 5.92 Å². The number of hydrogen-bond acceptors (Lipinski definition) is 3. The number of pyridine rings is 1. The third-order valence-electron chi connectivity index (χ3n) is 3.20. The first-order valence-corrected chi connectivity index (χ1v) is 6.70. The lowest BCUT2D eigenvalue weighted by Gasteiger charge is -2.11. The van der Waals surface area contributed by atoms with E-state index in [2.05, 4.69) is 26.2 Å². The van der Waals surface area contributed by atoms with Crippen LogP contribution in [-0.4, -0.2) is 11.5 Å². The lowest BCUT2D eigenvalue weighted by atomic mass is 10.0. The van der Waals surface area contributed by atoms with Crippen LogP contribution in [0.2, 0.25) is 0 Å². The molecule has 0 saturated heterocycles. The Morgan fingerprint density at radius 1 is 1.44 bits per heavy atom. The first kappa shape index (κ1) is 11.7. The highest BCUT2D eigenvalue weighted by Crippen LogP contribution is 2.27. The molecule has 1 heterocycles. The number of halogens is 1. The monoisotopic (exact) mass is 283 g/mol. The number of hydrogen-bond donors (Lipinski definition) is 2. The first-order valence-electron chi connectivity index (χ1n) is 5.90. The van der Waals surface area contributed by atoms with Gasteiger partial charge in [0.05, 0.1) is 5.69 Å². The molecule has 1 aromatic heterocycles. The van der Waals surface area contributed by atoms with E-state index in [1.54, 1.807) is 6.20 Å². The molecule has 1 aliphatic carbocycles. The second-order valence-electron chi connectivity index (χ2n) is 4.46. The van der Waals surface area contributed by atoms with E-state index in [1.807, 2.05) is 6.07 Å². The molecule has 0 spiro atoms. The Hall–Kier alpha value is -0.770. The molecule has 0 aromatic carbocycles. The molecule has 3 nitrogen and oxygen atoms in total. The number of nitrogens with one attached hydrogen (secondary N) is 1. The minimum Gasteiger partial charge on any atom is -0.396 e. The molecule has 1 fully saturated rings. The summed E-state index contributed by atoms with van der Waals surface area (Å²) in [5.74, 6) is 1.71. The zero-order valence-corrected chi connectivity index (χ0v) is 11.0. The van der Waals surface area contributed by atoms with Crippen molar-refractivity contribution in [3.63, 3.8) is 0 Å². The number of nitrogens with two attached hydrogens (primary N) is 1. The van der Waals surface area contributed by atoms with Crippen molar-refractivity contribution in [2.24, 2.45) is 5.92 Å². The summed E-state index contributed by atoms with van der Waals surface area (Å²) in [5.41, 5.74) is 6.57. The lowest BCUT2D eigenvalue weighted by molar-refractivity contribution is 0.518. The van der Waals surface area contributed by atoms with Crippen LogP contribution < -0.4 is 11.1 Å². The van der Waals surface area contributed by atoms with Crippen LogP contribution >= 0.6 is 15.9 Å². The smallest absolute Gasteiger partial charge is 0.149 e. The largest absolute Gasteiger partial charge is 0.396 e. The molecule has 0 aliphatic heterocycles. The van der Waals surface area contributed by atoms with Crippen molar-refractivity contribution < 1.29 is 0 Å². The molecule has 0 amide bonds. The van der Waals surface area contributed by atoms with Crippen LogP contribution in [0.4, 0.5) is 11.5 Å². The highest BCUT2D eigenvalue weighted by molar-refractivity contribution is 9.10. The van der Waals surface area contributed by atoms with Gasteiger partial charge in [-0.1, -0.05) is 25.7 Å². The van der Waals surface area contributed by atoms with E-state index in [-0.39, 0.29) is 0 Å². The topological polar surface area (TPSA) is 50.9 Å². The van der Waals surface area contributed by atoms with Crippen molar-refractivity contribution in [3.8, 4) is 0 Å². The predicted octanol–water partition coefficient (Wildman–Crippen LogP) is 3.42. The lowest BCUT2D eigenvalue weighted by Crippen LogP contribution is -2.09. The van der Waals surface area contributed by atoms with Gasteiger partial charge in [-0.15, -0.1) is 0 Å². The maximum Gasteiger partial charge on any atom is 0.149 e. The Morgan fingerprint density at radius 2 is 2.19 bits per heavy atom. The van der Waals surface area contributed by atoms with Crippen molar-refractivity contribution in [1.82, 2.24) is 4.98 Å². The fraction of sp³-hybridized carbons (Fsp3) is 0.583. The third-order valence-corrected chi connectivity index (χ3v) is 3.64. The van der Waals surface area contributed by atoms with Gasteiger partial charge in [0.2, 0.25) is 0 Å². The van der Waals surface area contributed by atoms with Crippen LogP contribution in [0.25, 0.3) is 0 Å². The molecule has 0 bridgehead atoms. The van der Waals surface area contributed by atoms with Gasteiger partial charge >= 0.3 is 0 Å². The molecule has 88 valence electrons. The molecule has 4 heteroatoms. The summed E-state index contributed by atoms with van der Waals surface area (Å²) in [4.78, 5) is 4.26. The standard InChI is InChI=1S/C12H18BrN3/c13-10-7-11(14)12(16-8-10)15-6-5-9-3-1-2-4-9/h7-9H,1-6,14H2,(H,15,16). The van der Waals surface area contributed by atoms with Crippen LogP contribution in [-0.2, 0) is 0 Å². The molecule has 0 unspecified atom stereocenters. The minimum atomic E-state index is 0.709. The fourth-order valence-electron chi connectivity index (χ4n) is 2.30. The van der Waals surface area contributed by atoms with Gasteiger partial charge in [-0.3, -0.25) is 0 Å². The second kappa shape index (κ2) is 5.53. The molecular formula is C12H18BrN3. The van der Waals surface area contributed by atoms with Crippen LogP contribution in [0.3, 0.4) is 0 Å². The average Bonchev–Trinajstić information content (AvgIpc) is 2.74. The Morgan fingerprint density at radius 3 is 2.88 bits per heavy atom. The van der Waals surface area contributed by atoms with Gasteiger partial charge in [-0.05, 0) is 34.3 Å². The van der Waals surface area contributed by atoms with E-state index in [4.69, 9.17) is 5.73 Å². The van der Waals surface area contributed by atoms with Gasteiger partial charge in [-0.2, -0.15) is 0 Å². The molecule has 3 N–H and O–H groups in total. The summed E-state index contributed by atoms with van der Waals surface area (Å²) in [6, 6.07) is 1.88. The van der Waals surface area contributed by atoms with E-state index in [1.165, 1.54) is 32.1 Å². The maximum atomic E-state index is 5.86. The average molecular weight is 284 g/mol. The van der Waals surface area contributed by atoms with Gasteiger partial charge in [-0.25, -0.2) is 4.98 Å². The van der Waals surface area contributed by atoms with Gasteiger partial charge in [0.25, 0.3) is 0 Å². The Balaban J connectivity index is 1.80. The summed E-state index contributed by atoms with van der Waals surface area (Å²) < 4.78 is 0.923. The number of nitrogen functional groups attached to an aromatic ring is 1. The van der Waals surface area contributed by atoms with Crippen molar-refractivity contribution in [1.29, 1.82) is 0 Å². The number of rotatable bonds is 4. The fourth-order valence-corrected chi connectivity index (χ4v) is 2.65. The van der Waals surface area contributed by atoms with E-state index >= 15 is 0 Å². The first-order chi connectivity index (χ1) is 7.75. The van der Waals surface area contributed by atoms with Crippen LogP contribution in [0.5, 0.6) is 0 Å². The van der Waals surface area contributed by atoms with E-state index < -0.39 is 0 Å². The molecule has 0 radical (unpaired) electrons. The summed E-state index contributed by atoms with van der Waals surface area (Å²) in [5, 5.41) is 3.31. The van der Waals surface area contributed by atoms with Crippen molar-refractivity contribution in [3.05, 3.63) is 16.7 Å². The molecule has 0 atom stereocenters. The quantitative estimate of drug-likeness (QED) is 0.890. The summed E-state index contributed by atoms with van der Waals surface area (Å²) in [6.45, 7) is 0.976. The summed E-state index contributed by atoms with van der Waals surface area (Å²) in [6.07, 6.45) is 8.61. The molecule has 2 rings (SSSR count). The van der Waals surface area contributed by atoms with Crippen molar-refractivity contribution in [2.45, 2.75) is 32.1 Å². The Bertz CT molecular complexity index is 348. The normalized spacial score (nSPS) is 16.6. The Labute approximate surface area is 105 Å². The molecule has 1 saturated carbocycles. The number of anilines is 2. The van der Waals surface area contributed by atoms with Crippen LogP contribution in [0.15, 0.2) is 16.7 Å². The minimum absolute atomic E-state index is 0.709. The van der Waals surface area contributed by atoms with Gasteiger partial charge in [0.15, 0.2) is 0 Å². The molecule has 16 heavy (non-hydrogen) atoms. The van der Waals surface area contributed by atoms with Gasteiger partial charge in [0, 0.05) is 17.2 Å². The zero-order chi connectivity index (χ0) is 11.4. The van der Waals surface area contributed by atoms with Gasteiger partial charge in [0.1, 0.15) is 5.82 Å². The Kier molecular flexibility index (Phi) is 4.04. The zero-order valence-electron chi connectivity index (χ0n) is 9.38. The summed E-state index contributed by atoms with van der Waals surface area (Å²) >= 11 is 3.35. The molecule has 1 aromatic rings.